The van der Waals surface area contributed by atoms with Gasteiger partial charge in [-0.3, -0.25) is 9.79 Å². The Labute approximate surface area is 207 Å². The predicted octanol–water partition coefficient (Wildman–Crippen LogP) is 4.18. The lowest BCUT2D eigenvalue weighted by molar-refractivity contribution is -0.117. The Kier molecular flexibility index (Phi) is 7.99. The molecular formula is C27H27N6OP. The number of carbonyl (C=O) groups excluding carboxylic acids is 1. The Morgan fingerprint density at radius 2 is 2.03 bits per heavy atom. The third-order valence-corrected chi connectivity index (χ3v) is 6.21. The van der Waals surface area contributed by atoms with Gasteiger partial charge in [0, 0.05) is 30.6 Å². The van der Waals surface area contributed by atoms with Crippen molar-refractivity contribution in [1.29, 1.82) is 5.26 Å². The number of pyridine rings is 1. The second-order valence-electron chi connectivity index (χ2n) is 8.14. The van der Waals surface area contributed by atoms with E-state index in [1.807, 2.05) is 66.5 Å². The minimum absolute atomic E-state index is 0.128. The summed E-state index contributed by atoms with van der Waals surface area (Å²) in [5, 5.41) is 18.9. The molecule has 3 atom stereocenters. The zero-order valence-electron chi connectivity index (χ0n) is 19.4. The molecule has 0 bridgehead atoms. The molecular weight excluding hydrogens is 455 g/mol. The quantitative estimate of drug-likeness (QED) is 0.330. The number of fused-ring (bicyclic) bond motifs is 1. The van der Waals surface area contributed by atoms with Crippen LogP contribution in [0, 0.1) is 11.3 Å². The van der Waals surface area contributed by atoms with E-state index in [-0.39, 0.29) is 11.9 Å². The molecule has 1 aromatic heterocycles. The number of hydrogen-bond donors (Lipinski definition) is 3. The monoisotopic (exact) mass is 482 g/mol. The van der Waals surface area contributed by atoms with E-state index in [9.17, 15) is 4.79 Å². The maximum atomic E-state index is 13.2. The molecule has 1 aliphatic heterocycles. The maximum Gasteiger partial charge on any atom is 0.249 e. The van der Waals surface area contributed by atoms with E-state index in [4.69, 9.17) is 5.26 Å². The van der Waals surface area contributed by atoms with E-state index >= 15 is 0 Å². The molecule has 8 heteroatoms. The first-order chi connectivity index (χ1) is 17.1. The van der Waals surface area contributed by atoms with Gasteiger partial charge in [-0.1, -0.05) is 48.3 Å². The fourth-order valence-corrected chi connectivity index (χ4v) is 4.33. The van der Waals surface area contributed by atoms with Gasteiger partial charge in [-0.15, -0.1) is 9.24 Å². The van der Waals surface area contributed by atoms with Crippen molar-refractivity contribution >= 4 is 38.4 Å². The molecule has 0 fully saturated rings. The van der Waals surface area contributed by atoms with Gasteiger partial charge in [-0.25, -0.2) is 4.98 Å². The minimum Gasteiger partial charge on any atom is -0.355 e. The maximum absolute atomic E-state index is 13.2. The number of aromatic nitrogens is 1. The second-order valence-corrected chi connectivity index (χ2v) is 8.48. The van der Waals surface area contributed by atoms with Crippen molar-refractivity contribution < 1.29 is 4.79 Å². The Balaban J connectivity index is 1.54. The van der Waals surface area contributed by atoms with Gasteiger partial charge in [-0.2, -0.15) is 5.26 Å². The lowest BCUT2D eigenvalue weighted by Gasteiger charge is -2.33. The number of hydrogen-bond acceptors (Lipinski definition) is 6. The normalized spacial score (nSPS) is 16.2. The number of aliphatic imine (C=N–C) groups is 1. The number of anilines is 2. The van der Waals surface area contributed by atoms with Gasteiger partial charge >= 0.3 is 0 Å². The SMILES string of the molecule is CN=C/C(=C\P)c1cnc2c(c1)NC(=O)C(C(NCCc1ccc(C#N)cc1)c1ccccc1)N2. The van der Waals surface area contributed by atoms with E-state index in [2.05, 4.69) is 41.2 Å². The summed E-state index contributed by atoms with van der Waals surface area (Å²) in [6, 6.07) is 20.7. The van der Waals surface area contributed by atoms with Gasteiger partial charge in [0.25, 0.3) is 0 Å². The van der Waals surface area contributed by atoms with Crippen LogP contribution >= 0.6 is 9.24 Å². The summed E-state index contributed by atoms with van der Waals surface area (Å²) in [7, 11) is 4.29. The second kappa shape index (κ2) is 11.5. The summed E-state index contributed by atoms with van der Waals surface area (Å²) in [6.45, 7) is 0.662. The number of amides is 1. The fourth-order valence-electron chi connectivity index (χ4n) is 4.05. The van der Waals surface area contributed by atoms with Crippen molar-refractivity contribution in [3.8, 4) is 6.07 Å². The first-order valence-corrected chi connectivity index (χ1v) is 12.0. The summed E-state index contributed by atoms with van der Waals surface area (Å²) in [4.78, 5) is 21.9. The molecule has 0 radical (unpaired) electrons. The molecule has 0 spiro atoms. The van der Waals surface area contributed by atoms with Gasteiger partial charge in [-0.05, 0) is 42.3 Å². The molecule has 4 rings (SSSR count). The van der Waals surface area contributed by atoms with Crippen LogP contribution in [0.15, 0.2) is 77.7 Å². The lowest BCUT2D eigenvalue weighted by Crippen LogP contribution is -2.48. The Bertz CT molecular complexity index is 1280. The van der Waals surface area contributed by atoms with Gasteiger partial charge in [0.15, 0.2) is 5.82 Å². The third kappa shape index (κ3) is 5.81. The van der Waals surface area contributed by atoms with Crippen molar-refractivity contribution in [2.75, 3.05) is 24.2 Å². The van der Waals surface area contributed by atoms with Gasteiger partial charge in [0.05, 0.1) is 23.4 Å². The molecule has 2 heterocycles. The van der Waals surface area contributed by atoms with Crippen LogP contribution in [0.2, 0.25) is 0 Å². The lowest BCUT2D eigenvalue weighted by atomic mass is 9.96. The highest BCUT2D eigenvalue weighted by molar-refractivity contribution is 7.21. The molecule has 3 N–H and O–H groups in total. The molecule has 35 heavy (non-hydrogen) atoms. The average molecular weight is 483 g/mol. The van der Waals surface area contributed by atoms with Gasteiger partial charge in [0.2, 0.25) is 5.91 Å². The summed E-state index contributed by atoms with van der Waals surface area (Å²) in [6.07, 6.45) is 4.29. The van der Waals surface area contributed by atoms with Crippen LogP contribution < -0.4 is 16.0 Å². The molecule has 0 saturated carbocycles. The van der Waals surface area contributed by atoms with Gasteiger partial charge < -0.3 is 16.0 Å². The van der Waals surface area contributed by atoms with E-state index in [0.717, 1.165) is 28.7 Å². The highest BCUT2D eigenvalue weighted by atomic mass is 31.0. The van der Waals surface area contributed by atoms with E-state index in [1.54, 1.807) is 19.5 Å². The highest BCUT2D eigenvalue weighted by Crippen LogP contribution is 2.31. The number of nitrogens with zero attached hydrogens (tertiary/aromatic N) is 3. The van der Waals surface area contributed by atoms with Crippen molar-refractivity contribution in [3.05, 3.63) is 94.9 Å². The number of allylic oxidation sites excluding steroid dienone is 1. The molecule has 0 saturated heterocycles. The molecule has 1 amide bonds. The summed E-state index contributed by atoms with van der Waals surface area (Å²) < 4.78 is 0. The van der Waals surface area contributed by atoms with E-state index < -0.39 is 6.04 Å². The molecule has 1 aliphatic rings. The van der Waals surface area contributed by atoms with E-state index in [0.29, 0.717) is 23.6 Å². The van der Waals surface area contributed by atoms with Crippen molar-refractivity contribution in [2.24, 2.45) is 4.99 Å². The number of rotatable bonds is 8. The van der Waals surface area contributed by atoms with Crippen molar-refractivity contribution in [3.63, 3.8) is 0 Å². The van der Waals surface area contributed by atoms with Crippen LogP contribution in [0.5, 0.6) is 0 Å². The summed E-state index contributed by atoms with van der Waals surface area (Å²) >= 11 is 0. The van der Waals surface area contributed by atoms with Crippen LogP contribution in [0.4, 0.5) is 11.5 Å². The summed E-state index contributed by atoms with van der Waals surface area (Å²) in [5.74, 6) is 2.38. The number of benzene rings is 2. The molecule has 3 unspecified atom stereocenters. The minimum atomic E-state index is -0.543. The zero-order chi connectivity index (χ0) is 24.6. The Hall–Kier alpha value is -3.85. The van der Waals surface area contributed by atoms with Crippen LogP contribution in [0.3, 0.4) is 0 Å². The number of nitrogens with one attached hydrogen (secondary N) is 3. The van der Waals surface area contributed by atoms with Crippen molar-refractivity contribution in [2.45, 2.75) is 18.5 Å². The smallest absolute Gasteiger partial charge is 0.249 e. The number of nitriles is 1. The number of carbonyl (C=O) groups is 1. The van der Waals surface area contributed by atoms with Crippen LogP contribution in [0.25, 0.3) is 5.57 Å². The summed E-state index contributed by atoms with van der Waals surface area (Å²) in [5.41, 5.74) is 5.18. The van der Waals surface area contributed by atoms with E-state index in [1.165, 1.54) is 0 Å². The first-order valence-electron chi connectivity index (χ1n) is 11.3. The molecule has 2 aromatic carbocycles. The predicted molar refractivity (Wildman–Crippen MR) is 144 cm³/mol. The molecule has 3 aromatic rings. The van der Waals surface area contributed by atoms with Crippen LogP contribution in [-0.2, 0) is 11.2 Å². The van der Waals surface area contributed by atoms with Crippen LogP contribution in [-0.4, -0.2) is 36.7 Å². The standard InChI is InChI=1S/C27H27N6OP/c1-29-15-22(17-35)21-13-23-26(31-16-21)33-25(27(34)32-23)24(20-5-3-2-4-6-20)30-12-11-18-7-9-19(14-28)10-8-18/h2-10,13,15-17,24-25,30H,11-12,35H2,1H3,(H,31,33)(H,32,34)/b22-17+,29-15?. The topological polar surface area (TPSA) is 102 Å². The van der Waals surface area contributed by atoms with Gasteiger partial charge in [0.1, 0.15) is 6.04 Å². The zero-order valence-corrected chi connectivity index (χ0v) is 20.6. The fraction of sp³-hybridized carbons (Fsp3) is 0.185. The molecule has 0 aliphatic carbocycles. The van der Waals surface area contributed by atoms with Crippen molar-refractivity contribution in [1.82, 2.24) is 10.3 Å². The first kappa shape index (κ1) is 24.3. The Morgan fingerprint density at radius 1 is 1.26 bits per heavy atom. The molecule has 7 nitrogen and oxygen atoms in total. The molecule has 176 valence electrons. The highest BCUT2D eigenvalue weighted by Gasteiger charge is 2.34. The van der Waals surface area contributed by atoms with Crippen LogP contribution in [0.1, 0.15) is 28.3 Å². The largest absolute Gasteiger partial charge is 0.355 e. The average Bonchev–Trinajstić information content (AvgIpc) is 2.90. The Morgan fingerprint density at radius 3 is 2.71 bits per heavy atom. The third-order valence-electron chi connectivity index (χ3n) is 5.85.